The maximum absolute atomic E-state index is 11.2. The van der Waals surface area contributed by atoms with Crippen molar-refractivity contribution in [2.45, 2.75) is 39.5 Å². The van der Waals surface area contributed by atoms with Crippen LogP contribution in [0.4, 0.5) is 17.3 Å². The summed E-state index contributed by atoms with van der Waals surface area (Å²) in [6.45, 7) is 3.98. The van der Waals surface area contributed by atoms with Gasteiger partial charge in [0.15, 0.2) is 0 Å². The fraction of sp³-hybridized carbons (Fsp3) is 0.280. The van der Waals surface area contributed by atoms with Gasteiger partial charge in [-0.15, -0.1) is 0 Å². The molecule has 0 aliphatic rings. The number of nitrogens with one attached hydrogen (secondary N) is 3. The number of aryl methyl sites for hydroxylation is 1. The van der Waals surface area contributed by atoms with Crippen molar-refractivity contribution in [3.8, 4) is 17.0 Å². The zero-order valence-corrected chi connectivity index (χ0v) is 19.3. The Hall–Kier alpha value is -3.98. The molecule has 0 saturated heterocycles. The highest BCUT2D eigenvalue weighted by atomic mass is 16.5. The van der Waals surface area contributed by atoms with E-state index in [1.54, 1.807) is 11.7 Å². The fourth-order valence-corrected chi connectivity index (χ4v) is 3.28. The Morgan fingerprint density at radius 2 is 1.68 bits per heavy atom. The molecule has 9 heteroatoms. The van der Waals surface area contributed by atoms with Gasteiger partial charge in [0.05, 0.1) is 12.3 Å². The number of hydrogen-bond acceptors (Lipinski definition) is 7. The van der Waals surface area contributed by atoms with E-state index < -0.39 is 0 Å². The molecule has 178 valence electrons. The summed E-state index contributed by atoms with van der Waals surface area (Å²) in [7, 11) is 0. The van der Waals surface area contributed by atoms with E-state index in [0.717, 1.165) is 46.8 Å². The van der Waals surface area contributed by atoms with Gasteiger partial charge in [-0.3, -0.25) is 14.8 Å². The number of rotatable bonds is 11. The maximum atomic E-state index is 11.2. The van der Waals surface area contributed by atoms with Crippen molar-refractivity contribution in [1.29, 1.82) is 0 Å². The second kappa shape index (κ2) is 12.3. The molecule has 1 heterocycles. The number of carbonyl (C=O) groups excluding carboxylic acids is 2. The molecule has 3 aromatic rings. The molecule has 0 unspecified atom stereocenters. The molecule has 3 rings (SSSR count). The second-order valence-electron chi connectivity index (χ2n) is 7.83. The number of anilines is 3. The SMILES string of the molecule is CC(=O)Nc1ccc(-c2nc(Nc3ccc(OCCCCCC(=O)NO)cc3)ncc2C)cc1. The number of ether oxygens (including phenoxy) is 1. The molecule has 0 spiro atoms. The summed E-state index contributed by atoms with van der Waals surface area (Å²) >= 11 is 0. The van der Waals surface area contributed by atoms with Crippen LogP contribution in [0.1, 0.15) is 38.2 Å². The van der Waals surface area contributed by atoms with Crippen molar-refractivity contribution in [1.82, 2.24) is 15.4 Å². The summed E-state index contributed by atoms with van der Waals surface area (Å²) in [6, 6.07) is 15.1. The zero-order chi connectivity index (χ0) is 24.3. The predicted molar refractivity (Wildman–Crippen MR) is 130 cm³/mol. The smallest absolute Gasteiger partial charge is 0.243 e. The number of benzene rings is 2. The molecule has 2 amide bonds. The molecule has 0 radical (unpaired) electrons. The van der Waals surface area contributed by atoms with Gasteiger partial charge >= 0.3 is 0 Å². The highest BCUT2D eigenvalue weighted by Crippen LogP contribution is 2.25. The number of unbranched alkanes of at least 4 members (excludes halogenated alkanes) is 2. The van der Waals surface area contributed by atoms with Gasteiger partial charge in [-0.2, -0.15) is 0 Å². The predicted octanol–water partition coefficient (Wildman–Crippen LogP) is 4.60. The number of carbonyl (C=O) groups is 2. The Morgan fingerprint density at radius 1 is 0.971 bits per heavy atom. The van der Waals surface area contributed by atoms with Crippen molar-refractivity contribution in [3.63, 3.8) is 0 Å². The molecule has 0 aliphatic heterocycles. The minimum atomic E-state index is -0.367. The number of hydrogen-bond donors (Lipinski definition) is 4. The van der Waals surface area contributed by atoms with Gasteiger partial charge in [0.1, 0.15) is 5.75 Å². The van der Waals surface area contributed by atoms with E-state index in [4.69, 9.17) is 9.94 Å². The molecule has 0 atom stereocenters. The van der Waals surface area contributed by atoms with Crippen LogP contribution in [0, 0.1) is 6.92 Å². The van der Waals surface area contributed by atoms with Crippen LogP contribution in [0.3, 0.4) is 0 Å². The normalized spacial score (nSPS) is 10.4. The van der Waals surface area contributed by atoms with Gasteiger partial charge in [0.2, 0.25) is 17.8 Å². The topological polar surface area (TPSA) is 125 Å². The van der Waals surface area contributed by atoms with E-state index in [1.807, 2.05) is 55.5 Å². The minimum Gasteiger partial charge on any atom is -0.494 e. The van der Waals surface area contributed by atoms with Crippen LogP contribution in [0.25, 0.3) is 11.3 Å². The standard InChI is InChI=1S/C25H29N5O4/c1-17-16-26-25(29-24(17)19-7-9-20(10-8-19)27-18(2)31)28-21-11-13-22(14-12-21)34-15-5-3-4-6-23(32)30-33/h7-14,16,33H,3-6,15H2,1-2H3,(H,27,31)(H,30,32)(H,26,28,29). The molecule has 2 aromatic carbocycles. The summed E-state index contributed by atoms with van der Waals surface area (Å²) in [5.74, 6) is 0.752. The van der Waals surface area contributed by atoms with Gasteiger partial charge < -0.3 is 15.4 Å². The lowest BCUT2D eigenvalue weighted by Crippen LogP contribution is -2.17. The molecule has 0 bridgehead atoms. The first-order chi connectivity index (χ1) is 16.4. The highest BCUT2D eigenvalue weighted by molar-refractivity contribution is 5.89. The Kier molecular flexibility index (Phi) is 8.93. The van der Waals surface area contributed by atoms with Crippen LogP contribution in [0.15, 0.2) is 54.7 Å². The average molecular weight is 464 g/mol. The van der Waals surface area contributed by atoms with Crippen molar-refractivity contribution >= 4 is 29.1 Å². The lowest BCUT2D eigenvalue weighted by molar-refractivity contribution is -0.129. The molecule has 0 saturated carbocycles. The number of aromatic nitrogens is 2. The van der Waals surface area contributed by atoms with Crippen LogP contribution in [-0.2, 0) is 9.59 Å². The molecule has 4 N–H and O–H groups in total. The fourth-order valence-electron chi connectivity index (χ4n) is 3.28. The second-order valence-corrected chi connectivity index (χ2v) is 7.83. The third-order valence-corrected chi connectivity index (χ3v) is 5.00. The van der Waals surface area contributed by atoms with Crippen molar-refractivity contribution in [2.24, 2.45) is 0 Å². The molecule has 0 aliphatic carbocycles. The molecule has 1 aromatic heterocycles. The quantitative estimate of drug-likeness (QED) is 0.186. The van der Waals surface area contributed by atoms with Gasteiger partial charge in [-0.25, -0.2) is 15.4 Å². The minimum absolute atomic E-state index is 0.112. The monoisotopic (exact) mass is 463 g/mol. The first-order valence-corrected chi connectivity index (χ1v) is 11.1. The molecule has 34 heavy (non-hydrogen) atoms. The first-order valence-electron chi connectivity index (χ1n) is 11.1. The van der Waals surface area contributed by atoms with E-state index in [9.17, 15) is 9.59 Å². The molecule has 0 fully saturated rings. The van der Waals surface area contributed by atoms with Crippen LogP contribution in [-0.4, -0.2) is 33.6 Å². The van der Waals surface area contributed by atoms with E-state index in [0.29, 0.717) is 25.4 Å². The van der Waals surface area contributed by atoms with Crippen molar-refractivity contribution in [3.05, 3.63) is 60.3 Å². The number of amides is 2. The Balaban J connectivity index is 1.54. The van der Waals surface area contributed by atoms with Gasteiger partial charge in [0, 0.05) is 36.5 Å². The third kappa shape index (κ3) is 7.56. The Bertz CT molecular complexity index is 1100. The summed E-state index contributed by atoms with van der Waals surface area (Å²) in [5, 5.41) is 14.4. The summed E-state index contributed by atoms with van der Waals surface area (Å²) < 4.78 is 5.74. The van der Waals surface area contributed by atoms with E-state index in [-0.39, 0.29) is 11.8 Å². The Labute approximate surface area is 198 Å². The summed E-state index contributed by atoms with van der Waals surface area (Å²) in [4.78, 5) is 31.2. The third-order valence-electron chi connectivity index (χ3n) is 5.00. The summed E-state index contributed by atoms with van der Waals surface area (Å²) in [5.41, 5.74) is 5.87. The highest BCUT2D eigenvalue weighted by Gasteiger charge is 2.08. The lowest BCUT2D eigenvalue weighted by atomic mass is 10.1. The largest absolute Gasteiger partial charge is 0.494 e. The lowest BCUT2D eigenvalue weighted by Gasteiger charge is -2.11. The Morgan fingerprint density at radius 3 is 2.35 bits per heavy atom. The zero-order valence-electron chi connectivity index (χ0n) is 19.3. The average Bonchev–Trinajstić information content (AvgIpc) is 2.83. The van der Waals surface area contributed by atoms with E-state index >= 15 is 0 Å². The molecule has 9 nitrogen and oxygen atoms in total. The van der Waals surface area contributed by atoms with Crippen LogP contribution >= 0.6 is 0 Å². The van der Waals surface area contributed by atoms with E-state index in [2.05, 4.69) is 20.6 Å². The van der Waals surface area contributed by atoms with Crippen LogP contribution < -0.4 is 20.9 Å². The van der Waals surface area contributed by atoms with Crippen molar-refractivity contribution < 1.29 is 19.5 Å². The van der Waals surface area contributed by atoms with Crippen LogP contribution in [0.2, 0.25) is 0 Å². The number of nitrogens with zero attached hydrogens (tertiary/aromatic N) is 2. The molecular formula is C25H29N5O4. The first kappa shape index (κ1) is 24.7. The maximum Gasteiger partial charge on any atom is 0.243 e. The van der Waals surface area contributed by atoms with Gasteiger partial charge in [0.25, 0.3) is 0 Å². The van der Waals surface area contributed by atoms with Gasteiger partial charge in [-0.05, 0) is 68.1 Å². The number of hydroxylamine groups is 1. The van der Waals surface area contributed by atoms with Crippen LogP contribution in [0.5, 0.6) is 5.75 Å². The van der Waals surface area contributed by atoms with E-state index in [1.165, 1.54) is 6.92 Å². The van der Waals surface area contributed by atoms with Crippen molar-refractivity contribution in [2.75, 3.05) is 17.2 Å². The molecular weight excluding hydrogens is 434 g/mol. The van der Waals surface area contributed by atoms with Gasteiger partial charge in [-0.1, -0.05) is 12.1 Å². The summed E-state index contributed by atoms with van der Waals surface area (Å²) in [6.07, 6.45) is 4.45.